The molecule has 2 N–H and O–H groups in total. The highest BCUT2D eigenvalue weighted by Crippen LogP contribution is 2.32. The minimum atomic E-state index is -0.674. The van der Waals surface area contributed by atoms with Gasteiger partial charge < -0.3 is 5.11 Å². The maximum Gasteiger partial charge on any atom is 0.311 e. The van der Waals surface area contributed by atoms with Crippen molar-refractivity contribution in [2.45, 2.75) is 6.42 Å². The summed E-state index contributed by atoms with van der Waals surface area (Å²) in [6, 6.07) is 13.4. The Labute approximate surface area is 169 Å². The van der Waals surface area contributed by atoms with Crippen LogP contribution in [0.3, 0.4) is 0 Å². The van der Waals surface area contributed by atoms with Gasteiger partial charge in [-0.3, -0.25) is 14.9 Å². The zero-order valence-electron chi connectivity index (χ0n) is 14.3. The maximum absolute atomic E-state index is 11.9. The van der Waals surface area contributed by atoms with Crippen LogP contribution in [0.15, 0.2) is 59.0 Å². The molecule has 0 saturated heterocycles. The van der Waals surface area contributed by atoms with Crippen LogP contribution in [-0.2, 0) is 6.42 Å². The van der Waals surface area contributed by atoms with Gasteiger partial charge in [-0.15, -0.1) is 11.3 Å². The summed E-state index contributed by atoms with van der Waals surface area (Å²) in [4.78, 5) is 23.0. The molecule has 0 aliphatic heterocycles. The Hall–Kier alpha value is -3.23. The molecule has 1 amide bonds. The highest BCUT2D eigenvalue weighted by Gasteiger charge is 2.19. The van der Waals surface area contributed by atoms with E-state index >= 15 is 0 Å². The predicted octanol–water partition coefficient (Wildman–Crippen LogP) is 4.37. The number of hydrazone groups is 1. The molecule has 0 unspecified atom stereocenters. The molecular weight excluding hydrogens is 402 g/mol. The van der Waals surface area contributed by atoms with Crippen LogP contribution in [0, 0.1) is 10.1 Å². The largest absolute Gasteiger partial charge is 0.502 e. The topological polar surface area (TPSA) is 105 Å². The van der Waals surface area contributed by atoms with Gasteiger partial charge in [0.25, 0.3) is 5.91 Å². The summed E-state index contributed by atoms with van der Waals surface area (Å²) >= 11 is 7.41. The summed E-state index contributed by atoms with van der Waals surface area (Å²) in [5.41, 5.74) is 3.35. The average molecular weight is 416 g/mol. The number of aromatic hydroxyl groups is 1. The Kier molecular flexibility index (Phi) is 6.03. The Morgan fingerprint density at radius 3 is 2.75 bits per heavy atom. The first-order chi connectivity index (χ1) is 13.5. The van der Waals surface area contributed by atoms with E-state index in [-0.39, 0.29) is 5.56 Å². The second kappa shape index (κ2) is 8.64. The van der Waals surface area contributed by atoms with Gasteiger partial charge in [-0.05, 0) is 41.1 Å². The monoisotopic (exact) mass is 415 g/mol. The van der Waals surface area contributed by atoms with E-state index in [1.807, 2.05) is 12.1 Å². The SMILES string of the molecule is O=C(N/N=C/c1cc(Cc2ccccc2Cl)cc([N+](=O)[O-])c1O)c1cccs1. The number of hydrogen-bond acceptors (Lipinski definition) is 6. The molecule has 7 nitrogen and oxygen atoms in total. The quantitative estimate of drug-likeness (QED) is 0.354. The van der Waals surface area contributed by atoms with E-state index in [4.69, 9.17) is 11.6 Å². The number of halogens is 1. The van der Waals surface area contributed by atoms with Gasteiger partial charge in [-0.2, -0.15) is 5.10 Å². The number of phenols is 1. The highest BCUT2D eigenvalue weighted by molar-refractivity contribution is 7.12. The first-order valence-electron chi connectivity index (χ1n) is 8.06. The number of amides is 1. The molecule has 1 heterocycles. The average Bonchev–Trinajstić information content (AvgIpc) is 3.20. The predicted molar refractivity (Wildman–Crippen MR) is 108 cm³/mol. The van der Waals surface area contributed by atoms with E-state index < -0.39 is 22.3 Å². The number of benzene rings is 2. The van der Waals surface area contributed by atoms with Crippen LogP contribution in [-0.4, -0.2) is 22.2 Å². The first kappa shape index (κ1) is 19.5. The van der Waals surface area contributed by atoms with Gasteiger partial charge in [0.15, 0.2) is 0 Å². The van der Waals surface area contributed by atoms with Gasteiger partial charge in [-0.1, -0.05) is 35.9 Å². The van der Waals surface area contributed by atoms with Gasteiger partial charge >= 0.3 is 5.69 Å². The fourth-order valence-corrected chi connectivity index (χ4v) is 3.34. The normalized spacial score (nSPS) is 10.9. The third kappa shape index (κ3) is 4.54. The van der Waals surface area contributed by atoms with E-state index in [0.29, 0.717) is 21.9 Å². The summed E-state index contributed by atoms with van der Waals surface area (Å²) in [5.74, 6) is -0.936. The van der Waals surface area contributed by atoms with E-state index in [1.165, 1.54) is 23.6 Å². The first-order valence-corrected chi connectivity index (χ1v) is 9.32. The van der Waals surface area contributed by atoms with Gasteiger partial charge in [-0.25, -0.2) is 5.43 Å². The number of nitro groups is 1. The number of phenolic OH excluding ortho intramolecular Hbond substituents is 1. The van der Waals surface area contributed by atoms with Crippen molar-refractivity contribution in [3.63, 3.8) is 0 Å². The van der Waals surface area contributed by atoms with E-state index in [2.05, 4.69) is 10.5 Å². The van der Waals surface area contributed by atoms with Crippen LogP contribution >= 0.6 is 22.9 Å². The number of hydrogen-bond donors (Lipinski definition) is 2. The zero-order valence-corrected chi connectivity index (χ0v) is 15.9. The third-order valence-corrected chi connectivity index (χ3v) is 5.08. The summed E-state index contributed by atoms with van der Waals surface area (Å²) in [5, 5.41) is 27.6. The van der Waals surface area contributed by atoms with Gasteiger partial charge in [0.05, 0.1) is 16.0 Å². The second-order valence-electron chi connectivity index (χ2n) is 5.75. The Morgan fingerprint density at radius 2 is 2.07 bits per heavy atom. The third-order valence-electron chi connectivity index (χ3n) is 3.84. The summed E-state index contributed by atoms with van der Waals surface area (Å²) in [6.45, 7) is 0. The van der Waals surface area contributed by atoms with Crippen LogP contribution in [0.5, 0.6) is 5.75 Å². The fraction of sp³-hybridized carbons (Fsp3) is 0.0526. The van der Waals surface area contributed by atoms with Crippen LogP contribution in [0.4, 0.5) is 5.69 Å². The van der Waals surface area contributed by atoms with Crippen molar-refractivity contribution in [2.24, 2.45) is 5.10 Å². The minimum absolute atomic E-state index is 0.114. The second-order valence-corrected chi connectivity index (χ2v) is 7.11. The lowest BCUT2D eigenvalue weighted by atomic mass is 10.0. The molecule has 0 spiro atoms. The zero-order chi connectivity index (χ0) is 20.1. The lowest BCUT2D eigenvalue weighted by Gasteiger charge is -2.07. The minimum Gasteiger partial charge on any atom is -0.502 e. The molecule has 0 saturated carbocycles. The molecule has 3 aromatic rings. The van der Waals surface area contributed by atoms with Crippen LogP contribution in [0.1, 0.15) is 26.4 Å². The number of carbonyl (C=O) groups is 1. The van der Waals surface area contributed by atoms with Crippen molar-refractivity contribution in [3.8, 4) is 5.75 Å². The summed E-state index contributed by atoms with van der Waals surface area (Å²) in [6.07, 6.45) is 1.51. The molecule has 0 bridgehead atoms. The molecule has 28 heavy (non-hydrogen) atoms. The number of nitro benzene ring substituents is 1. The molecule has 2 aromatic carbocycles. The fourth-order valence-electron chi connectivity index (χ4n) is 2.53. The molecule has 1 aromatic heterocycles. The molecule has 142 valence electrons. The Morgan fingerprint density at radius 1 is 1.29 bits per heavy atom. The van der Waals surface area contributed by atoms with Crippen molar-refractivity contribution < 1.29 is 14.8 Å². The number of nitrogens with one attached hydrogen (secondary N) is 1. The highest BCUT2D eigenvalue weighted by atomic mass is 35.5. The lowest BCUT2D eigenvalue weighted by Crippen LogP contribution is -2.16. The Balaban J connectivity index is 1.88. The molecule has 0 aliphatic rings. The van der Waals surface area contributed by atoms with Crippen molar-refractivity contribution in [3.05, 3.63) is 90.6 Å². The smallest absolute Gasteiger partial charge is 0.311 e. The number of carbonyl (C=O) groups excluding carboxylic acids is 1. The lowest BCUT2D eigenvalue weighted by molar-refractivity contribution is -0.385. The Bertz CT molecular complexity index is 1050. The number of nitrogens with zero attached hydrogens (tertiary/aromatic N) is 2. The summed E-state index contributed by atoms with van der Waals surface area (Å²) in [7, 11) is 0. The van der Waals surface area contributed by atoms with Crippen molar-refractivity contribution in [1.82, 2.24) is 5.43 Å². The van der Waals surface area contributed by atoms with E-state index in [9.17, 15) is 20.0 Å². The van der Waals surface area contributed by atoms with Crippen molar-refractivity contribution in [2.75, 3.05) is 0 Å². The van der Waals surface area contributed by atoms with Crippen LogP contribution < -0.4 is 5.43 Å². The molecule has 0 fully saturated rings. The van der Waals surface area contributed by atoms with Crippen LogP contribution in [0.25, 0.3) is 0 Å². The number of rotatable bonds is 6. The van der Waals surface area contributed by atoms with E-state index in [0.717, 1.165) is 5.56 Å². The van der Waals surface area contributed by atoms with Crippen molar-refractivity contribution in [1.29, 1.82) is 0 Å². The van der Waals surface area contributed by atoms with Crippen LogP contribution in [0.2, 0.25) is 5.02 Å². The van der Waals surface area contributed by atoms with E-state index in [1.54, 1.807) is 35.7 Å². The summed E-state index contributed by atoms with van der Waals surface area (Å²) < 4.78 is 0. The van der Waals surface area contributed by atoms with Gasteiger partial charge in [0, 0.05) is 16.7 Å². The number of thiophene rings is 1. The molecule has 0 atom stereocenters. The maximum atomic E-state index is 11.9. The molecule has 0 aliphatic carbocycles. The standard InChI is InChI=1S/C19H14ClN3O4S/c20-15-5-2-1-4-13(15)8-12-9-14(18(24)16(10-12)23(26)27)11-21-22-19(25)17-6-3-7-28-17/h1-7,9-11,24H,8H2,(H,22,25)/b21-11+. The van der Waals surface area contributed by atoms with Gasteiger partial charge in [0.1, 0.15) is 0 Å². The molecule has 0 radical (unpaired) electrons. The molecule has 9 heteroatoms. The molecular formula is C19H14ClN3O4S. The molecule has 3 rings (SSSR count). The van der Waals surface area contributed by atoms with Gasteiger partial charge in [0.2, 0.25) is 5.75 Å². The van der Waals surface area contributed by atoms with Crippen molar-refractivity contribution >= 4 is 40.7 Å².